The SMILES string of the molecule is CC[C@]1(C)CN(C(=O)NC[C@@H](C)Cn2ccnc2C)CCO1. The molecule has 2 amide bonds. The Labute approximate surface area is 132 Å². The highest BCUT2D eigenvalue weighted by Crippen LogP contribution is 2.20. The molecule has 1 saturated heterocycles. The standard InChI is InChI=1S/C16H28N4O2/c1-5-16(4)12-20(8-9-22-16)15(21)18-10-13(2)11-19-7-6-17-14(19)3/h6-7,13H,5,8-12H2,1-4H3,(H,18,21)/t13-,16-/m1/s1. The van der Waals surface area contributed by atoms with Crippen molar-refractivity contribution in [3.05, 3.63) is 18.2 Å². The Morgan fingerprint density at radius 3 is 3.00 bits per heavy atom. The Morgan fingerprint density at radius 2 is 2.36 bits per heavy atom. The molecule has 0 aromatic carbocycles. The lowest BCUT2D eigenvalue weighted by molar-refractivity contribution is -0.0873. The van der Waals surface area contributed by atoms with Gasteiger partial charge in [-0.2, -0.15) is 0 Å². The maximum Gasteiger partial charge on any atom is 0.317 e. The van der Waals surface area contributed by atoms with Gasteiger partial charge in [-0.15, -0.1) is 0 Å². The van der Waals surface area contributed by atoms with Crippen molar-refractivity contribution in [2.75, 3.05) is 26.2 Å². The number of urea groups is 1. The normalized spacial score (nSPS) is 23.4. The third-order valence-corrected chi connectivity index (χ3v) is 4.41. The highest BCUT2D eigenvalue weighted by Gasteiger charge is 2.32. The van der Waals surface area contributed by atoms with Crippen molar-refractivity contribution in [1.82, 2.24) is 19.8 Å². The van der Waals surface area contributed by atoms with Crippen molar-refractivity contribution in [2.24, 2.45) is 5.92 Å². The van der Waals surface area contributed by atoms with Gasteiger partial charge < -0.3 is 19.5 Å². The predicted octanol–water partition coefficient (Wildman–Crippen LogP) is 2.04. The van der Waals surface area contributed by atoms with Gasteiger partial charge in [-0.05, 0) is 26.2 Å². The molecule has 1 fully saturated rings. The van der Waals surface area contributed by atoms with Crippen LogP contribution >= 0.6 is 0 Å². The van der Waals surface area contributed by atoms with Gasteiger partial charge in [0.2, 0.25) is 0 Å². The number of carbonyl (C=O) groups is 1. The highest BCUT2D eigenvalue weighted by atomic mass is 16.5. The fraction of sp³-hybridized carbons (Fsp3) is 0.750. The minimum atomic E-state index is -0.213. The molecular weight excluding hydrogens is 280 g/mol. The zero-order valence-electron chi connectivity index (χ0n) is 14.1. The van der Waals surface area contributed by atoms with Crippen LogP contribution in [0.1, 0.15) is 33.0 Å². The maximum atomic E-state index is 12.3. The van der Waals surface area contributed by atoms with Crippen molar-refractivity contribution >= 4 is 6.03 Å². The summed E-state index contributed by atoms with van der Waals surface area (Å²) in [6.45, 7) is 11.7. The van der Waals surface area contributed by atoms with Crippen molar-refractivity contribution in [2.45, 2.75) is 46.3 Å². The smallest absolute Gasteiger partial charge is 0.317 e. The summed E-state index contributed by atoms with van der Waals surface area (Å²) in [6.07, 6.45) is 4.69. The number of carbonyl (C=O) groups excluding carboxylic acids is 1. The second kappa shape index (κ2) is 7.13. The molecule has 0 radical (unpaired) electrons. The van der Waals surface area contributed by atoms with Crippen LogP contribution in [0.4, 0.5) is 4.79 Å². The van der Waals surface area contributed by atoms with Crippen LogP contribution in [0.25, 0.3) is 0 Å². The zero-order valence-corrected chi connectivity index (χ0v) is 14.1. The molecule has 0 unspecified atom stereocenters. The number of rotatable bonds is 5. The molecule has 1 N–H and O–H groups in total. The van der Waals surface area contributed by atoms with E-state index in [4.69, 9.17) is 4.74 Å². The monoisotopic (exact) mass is 308 g/mol. The number of imidazole rings is 1. The van der Waals surface area contributed by atoms with E-state index in [9.17, 15) is 4.79 Å². The summed E-state index contributed by atoms with van der Waals surface area (Å²) < 4.78 is 7.88. The zero-order chi connectivity index (χ0) is 16.2. The number of aromatic nitrogens is 2. The first-order valence-corrected chi connectivity index (χ1v) is 8.08. The van der Waals surface area contributed by atoms with Crippen LogP contribution in [0, 0.1) is 12.8 Å². The Morgan fingerprint density at radius 1 is 1.59 bits per heavy atom. The summed E-state index contributed by atoms with van der Waals surface area (Å²) >= 11 is 0. The molecule has 0 bridgehead atoms. The summed E-state index contributed by atoms with van der Waals surface area (Å²) in [7, 11) is 0. The van der Waals surface area contributed by atoms with Gasteiger partial charge in [0.05, 0.1) is 18.8 Å². The largest absolute Gasteiger partial charge is 0.372 e. The van der Waals surface area contributed by atoms with E-state index in [0.717, 1.165) is 18.8 Å². The summed E-state index contributed by atoms with van der Waals surface area (Å²) in [5.41, 5.74) is -0.213. The van der Waals surface area contributed by atoms with Crippen molar-refractivity contribution in [3.63, 3.8) is 0 Å². The summed E-state index contributed by atoms with van der Waals surface area (Å²) in [5, 5.41) is 3.04. The van der Waals surface area contributed by atoms with Gasteiger partial charge in [0, 0.05) is 32.0 Å². The Hall–Kier alpha value is -1.56. The van der Waals surface area contributed by atoms with Crippen LogP contribution in [-0.2, 0) is 11.3 Å². The quantitative estimate of drug-likeness (QED) is 0.905. The van der Waals surface area contributed by atoms with Crippen LogP contribution in [0.3, 0.4) is 0 Å². The van der Waals surface area contributed by atoms with E-state index < -0.39 is 0 Å². The van der Waals surface area contributed by atoms with Crippen LogP contribution in [0.15, 0.2) is 12.4 Å². The summed E-state index contributed by atoms with van der Waals surface area (Å²) in [5.74, 6) is 1.36. The average molecular weight is 308 g/mol. The van der Waals surface area contributed by atoms with E-state index in [2.05, 4.69) is 35.6 Å². The highest BCUT2D eigenvalue weighted by molar-refractivity contribution is 5.74. The Bertz CT molecular complexity index is 502. The minimum absolute atomic E-state index is 0.0113. The molecule has 1 aromatic heterocycles. The lowest BCUT2D eigenvalue weighted by Crippen LogP contribution is -2.54. The second-order valence-electron chi connectivity index (χ2n) is 6.49. The van der Waals surface area contributed by atoms with E-state index in [1.54, 1.807) is 6.20 Å². The van der Waals surface area contributed by atoms with Gasteiger partial charge >= 0.3 is 6.03 Å². The van der Waals surface area contributed by atoms with E-state index >= 15 is 0 Å². The molecule has 6 heteroatoms. The topological polar surface area (TPSA) is 59.4 Å². The van der Waals surface area contributed by atoms with Crippen molar-refractivity contribution < 1.29 is 9.53 Å². The third kappa shape index (κ3) is 4.22. The second-order valence-corrected chi connectivity index (χ2v) is 6.49. The van der Waals surface area contributed by atoms with Crippen molar-refractivity contribution in [3.8, 4) is 0 Å². The average Bonchev–Trinajstić information content (AvgIpc) is 2.90. The van der Waals surface area contributed by atoms with Gasteiger partial charge in [-0.25, -0.2) is 9.78 Å². The van der Waals surface area contributed by atoms with Gasteiger partial charge in [0.1, 0.15) is 5.82 Å². The number of amides is 2. The lowest BCUT2D eigenvalue weighted by Gasteiger charge is -2.40. The fourth-order valence-electron chi connectivity index (χ4n) is 2.69. The number of nitrogens with one attached hydrogen (secondary N) is 1. The summed E-state index contributed by atoms with van der Waals surface area (Å²) in [6, 6.07) is 0.0113. The lowest BCUT2D eigenvalue weighted by atomic mass is 10.0. The number of morpholine rings is 1. The van der Waals surface area contributed by atoms with Gasteiger partial charge in [0.15, 0.2) is 0 Å². The molecule has 0 aliphatic carbocycles. The van der Waals surface area contributed by atoms with E-state index in [-0.39, 0.29) is 11.6 Å². The molecule has 2 heterocycles. The van der Waals surface area contributed by atoms with E-state index in [0.29, 0.717) is 32.2 Å². The number of aryl methyl sites for hydroxylation is 1. The molecule has 1 aliphatic heterocycles. The van der Waals surface area contributed by atoms with Crippen LogP contribution < -0.4 is 5.32 Å². The molecular formula is C16H28N4O2. The molecule has 1 aliphatic rings. The van der Waals surface area contributed by atoms with Gasteiger partial charge in [-0.1, -0.05) is 13.8 Å². The number of nitrogens with zero attached hydrogens (tertiary/aromatic N) is 3. The first-order chi connectivity index (χ1) is 10.4. The van der Waals surface area contributed by atoms with Crippen LogP contribution in [-0.4, -0.2) is 52.3 Å². The van der Waals surface area contributed by atoms with Gasteiger partial charge in [-0.3, -0.25) is 0 Å². The predicted molar refractivity (Wildman–Crippen MR) is 85.7 cm³/mol. The van der Waals surface area contributed by atoms with E-state index in [1.165, 1.54) is 0 Å². The first-order valence-electron chi connectivity index (χ1n) is 8.08. The van der Waals surface area contributed by atoms with E-state index in [1.807, 2.05) is 18.0 Å². The molecule has 124 valence electrons. The number of hydrogen-bond acceptors (Lipinski definition) is 3. The molecule has 0 saturated carbocycles. The molecule has 1 aromatic rings. The number of hydrogen-bond donors (Lipinski definition) is 1. The number of ether oxygens (including phenoxy) is 1. The van der Waals surface area contributed by atoms with Crippen LogP contribution in [0.2, 0.25) is 0 Å². The molecule has 0 spiro atoms. The first kappa shape index (κ1) is 16.8. The maximum absolute atomic E-state index is 12.3. The molecule has 22 heavy (non-hydrogen) atoms. The third-order valence-electron chi connectivity index (χ3n) is 4.41. The van der Waals surface area contributed by atoms with Crippen LogP contribution in [0.5, 0.6) is 0 Å². The molecule has 2 atom stereocenters. The Balaban J connectivity index is 1.78. The van der Waals surface area contributed by atoms with Gasteiger partial charge in [0.25, 0.3) is 0 Å². The van der Waals surface area contributed by atoms with Crippen molar-refractivity contribution in [1.29, 1.82) is 0 Å². The molecule has 2 rings (SSSR count). The molecule has 6 nitrogen and oxygen atoms in total. The minimum Gasteiger partial charge on any atom is -0.372 e. The fourth-order valence-corrected chi connectivity index (χ4v) is 2.69. The Kier molecular flexibility index (Phi) is 5.45. The summed E-state index contributed by atoms with van der Waals surface area (Å²) in [4.78, 5) is 18.4.